The van der Waals surface area contributed by atoms with Gasteiger partial charge in [0, 0.05) is 37.4 Å². The first-order chi connectivity index (χ1) is 20.4. The Morgan fingerprint density at radius 1 is 0.881 bits per heavy atom. The van der Waals surface area contributed by atoms with Gasteiger partial charge in [-0.1, -0.05) is 42.5 Å². The number of piperidine rings is 2. The van der Waals surface area contributed by atoms with Crippen molar-refractivity contribution >= 4 is 16.9 Å². The predicted molar refractivity (Wildman–Crippen MR) is 168 cm³/mol. The van der Waals surface area contributed by atoms with Crippen LogP contribution in [-0.2, 0) is 5.41 Å². The van der Waals surface area contributed by atoms with E-state index >= 15 is 0 Å². The molecule has 6 heteroatoms. The van der Waals surface area contributed by atoms with E-state index in [0.717, 1.165) is 67.1 Å². The average Bonchev–Trinajstić information content (AvgIpc) is 3.47. The fourth-order valence-corrected chi connectivity index (χ4v) is 8.58. The molecular weight excluding hydrogens is 518 g/mol. The molecule has 5 heterocycles. The van der Waals surface area contributed by atoms with Gasteiger partial charge in [-0.2, -0.15) is 0 Å². The summed E-state index contributed by atoms with van der Waals surface area (Å²) in [4.78, 5) is 27.8. The number of hydrogen-bond donors (Lipinski definition) is 0. The minimum Gasteiger partial charge on any atom is -0.339 e. The van der Waals surface area contributed by atoms with E-state index in [1.54, 1.807) is 6.20 Å². The summed E-state index contributed by atoms with van der Waals surface area (Å²) >= 11 is 0. The number of likely N-dealkylation sites (tertiary alicyclic amines) is 1. The molecular formula is C36H43N5O. The number of aryl methyl sites for hydroxylation is 3. The number of benzene rings is 2. The number of rotatable bonds is 6. The minimum atomic E-state index is 0.102. The van der Waals surface area contributed by atoms with Crippen LogP contribution in [0, 0.1) is 20.8 Å². The van der Waals surface area contributed by atoms with Crippen molar-refractivity contribution in [1.29, 1.82) is 0 Å². The molecule has 3 saturated heterocycles. The Bertz CT molecular complexity index is 1550. The van der Waals surface area contributed by atoms with Crippen LogP contribution in [0.1, 0.15) is 84.0 Å². The zero-order valence-electron chi connectivity index (χ0n) is 25.3. The summed E-state index contributed by atoms with van der Waals surface area (Å²) in [5, 5.41) is 0. The molecule has 3 fully saturated rings. The molecule has 0 spiro atoms. The third-order valence-corrected chi connectivity index (χ3v) is 10.8. The van der Waals surface area contributed by atoms with Crippen LogP contribution in [0.15, 0.2) is 66.9 Å². The normalized spacial score (nSPS) is 23.9. The summed E-state index contributed by atoms with van der Waals surface area (Å²) < 4.78 is 2.53. The van der Waals surface area contributed by atoms with E-state index in [1.807, 2.05) is 19.9 Å². The summed E-state index contributed by atoms with van der Waals surface area (Å²) in [6.45, 7) is 8.87. The van der Waals surface area contributed by atoms with Crippen LogP contribution in [-0.4, -0.2) is 62.0 Å². The Hall–Kier alpha value is -3.51. The lowest BCUT2D eigenvalue weighted by atomic mass is 9.70. The maximum absolute atomic E-state index is 13.6. The number of nitrogens with zero attached hydrogens (tertiary/aromatic N) is 5. The van der Waals surface area contributed by atoms with Gasteiger partial charge in [0.1, 0.15) is 5.82 Å². The van der Waals surface area contributed by atoms with Crippen LogP contribution in [0.3, 0.4) is 0 Å². The monoisotopic (exact) mass is 561 g/mol. The lowest BCUT2D eigenvalue weighted by Gasteiger charge is -2.45. The van der Waals surface area contributed by atoms with E-state index in [2.05, 4.69) is 80.9 Å². The minimum absolute atomic E-state index is 0.102. The van der Waals surface area contributed by atoms with Crippen LogP contribution in [0.5, 0.6) is 0 Å². The molecule has 3 atom stereocenters. The van der Waals surface area contributed by atoms with Gasteiger partial charge in [0.25, 0.3) is 5.91 Å². The molecule has 2 aromatic carbocycles. The van der Waals surface area contributed by atoms with Gasteiger partial charge in [-0.3, -0.25) is 14.7 Å². The molecule has 0 radical (unpaired) electrons. The van der Waals surface area contributed by atoms with E-state index in [-0.39, 0.29) is 11.3 Å². The van der Waals surface area contributed by atoms with Gasteiger partial charge in [-0.05, 0) is 107 Å². The van der Waals surface area contributed by atoms with Gasteiger partial charge in [0.05, 0.1) is 22.3 Å². The highest BCUT2D eigenvalue weighted by Crippen LogP contribution is 2.45. The van der Waals surface area contributed by atoms with Gasteiger partial charge in [-0.25, -0.2) is 4.98 Å². The Morgan fingerprint density at radius 3 is 2.29 bits per heavy atom. The number of para-hydroxylation sites is 2. The smallest absolute Gasteiger partial charge is 0.255 e. The number of pyridine rings is 1. The molecule has 7 rings (SSSR count). The molecule has 3 aliphatic heterocycles. The first kappa shape index (κ1) is 27.3. The second-order valence-corrected chi connectivity index (χ2v) is 13.0. The SMILES string of the molecule is Cc1ccnc(C)c1C(=O)N1CCC(CCN2[C@@H]3CC[C@H]2C[C@@H](n2c(C)nc4ccccc42)C3)(c2ccccc2)CC1. The molecule has 1 amide bonds. The highest BCUT2D eigenvalue weighted by molar-refractivity contribution is 5.96. The second kappa shape index (κ2) is 11.0. The lowest BCUT2D eigenvalue weighted by molar-refractivity contribution is 0.0605. The van der Waals surface area contributed by atoms with Crippen LogP contribution in [0.25, 0.3) is 11.0 Å². The van der Waals surface area contributed by atoms with Crippen LogP contribution >= 0.6 is 0 Å². The summed E-state index contributed by atoms with van der Waals surface area (Å²) in [7, 11) is 0. The summed E-state index contributed by atoms with van der Waals surface area (Å²) in [6.07, 6.45) is 9.99. The van der Waals surface area contributed by atoms with Crippen molar-refractivity contribution in [1.82, 2.24) is 24.3 Å². The fraction of sp³-hybridized carbons (Fsp3) is 0.472. The van der Waals surface area contributed by atoms with Crippen LogP contribution < -0.4 is 0 Å². The first-order valence-electron chi connectivity index (χ1n) is 15.9. The summed E-state index contributed by atoms with van der Waals surface area (Å²) in [6, 6.07) is 23.5. The maximum atomic E-state index is 13.6. The van der Waals surface area contributed by atoms with E-state index in [4.69, 9.17) is 4.98 Å². The molecule has 4 aromatic rings. The van der Waals surface area contributed by atoms with Gasteiger partial charge in [0.15, 0.2) is 0 Å². The number of imidazole rings is 1. The van der Waals surface area contributed by atoms with E-state index in [1.165, 1.54) is 36.8 Å². The van der Waals surface area contributed by atoms with Crippen molar-refractivity contribution in [2.45, 2.75) is 89.3 Å². The van der Waals surface area contributed by atoms with Crippen LogP contribution in [0.4, 0.5) is 0 Å². The zero-order chi connectivity index (χ0) is 28.8. The molecule has 2 bridgehead atoms. The molecule has 6 nitrogen and oxygen atoms in total. The topological polar surface area (TPSA) is 54.3 Å². The van der Waals surface area contributed by atoms with Gasteiger partial charge >= 0.3 is 0 Å². The number of hydrogen-bond acceptors (Lipinski definition) is 4. The second-order valence-electron chi connectivity index (χ2n) is 13.0. The number of carbonyl (C=O) groups is 1. The van der Waals surface area contributed by atoms with E-state index in [9.17, 15) is 4.79 Å². The van der Waals surface area contributed by atoms with Gasteiger partial charge < -0.3 is 9.47 Å². The Kier molecular flexibility index (Phi) is 7.13. The predicted octanol–water partition coefficient (Wildman–Crippen LogP) is 6.79. The van der Waals surface area contributed by atoms with E-state index in [0.29, 0.717) is 18.1 Å². The number of amides is 1. The standard InChI is InChI=1S/C36H43N5O/c1-25-15-19-37-26(2)34(25)35(42)39-20-16-36(17-21-39,28-9-5-4-6-10-28)18-22-40-29-13-14-30(40)24-31(23-29)41-27(3)38-32-11-7-8-12-33(32)41/h4-12,15,19,29-31H,13-14,16-18,20-24H2,1-3H3/t29-,30+,31+. The number of fused-ring (bicyclic) bond motifs is 3. The van der Waals surface area contributed by atoms with Crippen molar-refractivity contribution < 1.29 is 4.79 Å². The zero-order valence-corrected chi connectivity index (χ0v) is 25.3. The molecule has 0 saturated carbocycles. The quantitative estimate of drug-likeness (QED) is 0.260. The molecule has 0 aliphatic carbocycles. The lowest BCUT2D eigenvalue weighted by Crippen LogP contribution is -2.49. The van der Waals surface area contributed by atoms with Crippen molar-refractivity contribution in [3.8, 4) is 0 Å². The molecule has 0 unspecified atom stereocenters. The largest absolute Gasteiger partial charge is 0.339 e. The maximum Gasteiger partial charge on any atom is 0.255 e. The molecule has 2 aromatic heterocycles. The molecule has 3 aliphatic rings. The molecule has 0 N–H and O–H groups in total. The fourth-order valence-electron chi connectivity index (χ4n) is 8.58. The van der Waals surface area contributed by atoms with Crippen molar-refractivity contribution in [3.63, 3.8) is 0 Å². The van der Waals surface area contributed by atoms with Crippen molar-refractivity contribution in [2.75, 3.05) is 19.6 Å². The average molecular weight is 562 g/mol. The molecule has 42 heavy (non-hydrogen) atoms. The van der Waals surface area contributed by atoms with E-state index < -0.39 is 0 Å². The van der Waals surface area contributed by atoms with Gasteiger partial charge in [0.2, 0.25) is 0 Å². The van der Waals surface area contributed by atoms with Crippen LogP contribution in [0.2, 0.25) is 0 Å². The highest BCUT2D eigenvalue weighted by atomic mass is 16.2. The van der Waals surface area contributed by atoms with Crippen molar-refractivity contribution in [2.24, 2.45) is 0 Å². The third kappa shape index (κ3) is 4.74. The number of aromatic nitrogens is 3. The third-order valence-electron chi connectivity index (χ3n) is 10.8. The first-order valence-corrected chi connectivity index (χ1v) is 15.9. The Morgan fingerprint density at radius 2 is 1.57 bits per heavy atom. The van der Waals surface area contributed by atoms with Gasteiger partial charge in [-0.15, -0.1) is 0 Å². The Balaban J connectivity index is 1.07. The summed E-state index contributed by atoms with van der Waals surface area (Å²) in [5.41, 5.74) is 6.58. The Labute approximate surface area is 249 Å². The summed E-state index contributed by atoms with van der Waals surface area (Å²) in [5.74, 6) is 1.29. The van der Waals surface area contributed by atoms with Crippen molar-refractivity contribution in [3.05, 3.63) is 95.1 Å². The molecule has 218 valence electrons. The number of carbonyl (C=O) groups excluding carboxylic acids is 1. The highest BCUT2D eigenvalue weighted by Gasteiger charge is 2.44.